The third kappa shape index (κ3) is 3.63. The van der Waals surface area contributed by atoms with E-state index in [0.717, 1.165) is 30.1 Å². The monoisotopic (exact) mass is 404 g/mol. The molecule has 0 aliphatic heterocycles. The van der Waals surface area contributed by atoms with Crippen LogP contribution in [-0.2, 0) is 19.1 Å². The van der Waals surface area contributed by atoms with Crippen molar-refractivity contribution in [1.29, 1.82) is 0 Å². The number of fused-ring (bicyclic) bond motifs is 5. The zero-order chi connectivity index (χ0) is 20.8. The maximum absolute atomic E-state index is 11.8. The van der Waals surface area contributed by atoms with Gasteiger partial charge in [0.05, 0.1) is 0 Å². The lowest BCUT2D eigenvalue weighted by atomic mass is 9.45. The van der Waals surface area contributed by atoms with Gasteiger partial charge in [-0.05, 0) is 85.9 Å². The summed E-state index contributed by atoms with van der Waals surface area (Å²) in [5, 5.41) is 0. The number of ether oxygens (including phenoxy) is 2. The third-order valence-electron chi connectivity index (χ3n) is 9.87. The lowest BCUT2D eigenvalue weighted by Crippen LogP contribution is -2.53. The van der Waals surface area contributed by atoms with Crippen molar-refractivity contribution in [2.45, 2.75) is 98.0 Å². The van der Waals surface area contributed by atoms with Gasteiger partial charge in [-0.15, -0.1) is 0 Å². The summed E-state index contributed by atoms with van der Waals surface area (Å²) in [7, 11) is 0. The number of carbonyl (C=O) groups excluding carboxylic acids is 2. The molecular weight excluding hydrogens is 364 g/mol. The fraction of sp³-hybridized carbons (Fsp3) is 0.920. The van der Waals surface area contributed by atoms with Crippen molar-refractivity contribution >= 4 is 11.9 Å². The van der Waals surface area contributed by atoms with Crippen molar-refractivity contribution < 1.29 is 19.1 Å². The van der Waals surface area contributed by atoms with Crippen LogP contribution < -0.4 is 0 Å². The maximum Gasteiger partial charge on any atom is 0.303 e. The second-order valence-corrected chi connectivity index (χ2v) is 11.1. The van der Waals surface area contributed by atoms with Crippen molar-refractivity contribution in [3.63, 3.8) is 0 Å². The molecule has 0 bridgehead atoms. The highest BCUT2D eigenvalue weighted by Crippen LogP contribution is 2.67. The van der Waals surface area contributed by atoms with Gasteiger partial charge in [0.15, 0.2) is 0 Å². The molecule has 8 atom stereocenters. The van der Waals surface area contributed by atoms with Gasteiger partial charge < -0.3 is 9.47 Å². The molecule has 0 saturated heterocycles. The molecule has 0 radical (unpaired) electrons. The Kier molecular flexibility index (Phi) is 5.76. The quantitative estimate of drug-likeness (QED) is 0.578. The predicted octanol–water partition coefficient (Wildman–Crippen LogP) is 5.53. The van der Waals surface area contributed by atoms with Crippen LogP contribution in [0.2, 0.25) is 0 Å². The highest BCUT2D eigenvalue weighted by atomic mass is 16.6. The summed E-state index contributed by atoms with van der Waals surface area (Å²) < 4.78 is 11.0. The Morgan fingerprint density at radius 2 is 1.62 bits per heavy atom. The molecule has 8 unspecified atom stereocenters. The molecule has 29 heavy (non-hydrogen) atoms. The van der Waals surface area contributed by atoms with Gasteiger partial charge >= 0.3 is 11.9 Å². The maximum atomic E-state index is 11.8. The molecule has 0 heterocycles. The van der Waals surface area contributed by atoms with Crippen LogP contribution in [-0.4, -0.2) is 24.6 Å². The third-order valence-corrected chi connectivity index (χ3v) is 9.87. The second-order valence-electron chi connectivity index (χ2n) is 11.1. The van der Waals surface area contributed by atoms with E-state index in [1.807, 2.05) is 0 Å². The average molecular weight is 405 g/mol. The first-order valence-corrected chi connectivity index (χ1v) is 12.1. The Balaban J connectivity index is 1.55. The summed E-state index contributed by atoms with van der Waals surface area (Å²) in [5.74, 6) is 3.10. The Bertz CT molecular complexity index is 645. The van der Waals surface area contributed by atoms with Gasteiger partial charge in [0, 0.05) is 19.8 Å². The molecule has 0 spiro atoms. The fourth-order valence-electron chi connectivity index (χ4n) is 8.59. The van der Waals surface area contributed by atoms with E-state index in [4.69, 9.17) is 9.47 Å². The van der Waals surface area contributed by atoms with Crippen LogP contribution in [0.1, 0.15) is 91.9 Å². The van der Waals surface area contributed by atoms with Crippen LogP contribution in [0.3, 0.4) is 0 Å². The van der Waals surface area contributed by atoms with Crippen LogP contribution in [0.15, 0.2) is 0 Å². The van der Waals surface area contributed by atoms with Crippen molar-refractivity contribution in [2.75, 3.05) is 6.61 Å². The lowest BCUT2D eigenvalue weighted by molar-refractivity contribution is -0.167. The normalized spacial score (nSPS) is 44.8. The first kappa shape index (κ1) is 21.2. The van der Waals surface area contributed by atoms with E-state index in [1.165, 1.54) is 71.6 Å². The summed E-state index contributed by atoms with van der Waals surface area (Å²) in [6.45, 7) is 8.17. The summed E-state index contributed by atoms with van der Waals surface area (Å²) >= 11 is 0. The first-order valence-electron chi connectivity index (χ1n) is 12.1. The molecule has 4 rings (SSSR count). The summed E-state index contributed by atoms with van der Waals surface area (Å²) in [4.78, 5) is 23.2. The van der Waals surface area contributed by atoms with Gasteiger partial charge in [-0.1, -0.05) is 26.7 Å². The predicted molar refractivity (Wildman–Crippen MR) is 112 cm³/mol. The average Bonchev–Trinajstić information content (AvgIpc) is 3.01. The minimum absolute atomic E-state index is 0.194. The highest BCUT2D eigenvalue weighted by Gasteiger charge is 2.61. The Morgan fingerprint density at radius 1 is 0.862 bits per heavy atom. The van der Waals surface area contributed by atoms with Crippen molar-refractivity contribution in [3.05, 3.63) is 0 Å². The molecular formula is C25H40O4. The zero-order valence-corrected chi connectivity index (χ0v) is 18.9. The van der Waals surface area contributed by atoms with Crippen LogP contribution in [0.25, 0.3) is 0 Å². The van der Waals surface area contributed by atoms with Crippen LogP contribution in [0, 0.1) is 40.4 Å². The van der Waals surface area contributed by atoms with Crippen LogP contribution in [0.5, 0.6) is 0 Å². The van der Waals surface area contributed by atoms with Gasteiger partial charge in [0.2, 0.25) is 0 Å². The molecule has 0 aromatic rings. The van der Waals surface area contributed by atoms with E-state index in [0.29, 0.717) is 11.3 Å². The zero-order valence-electron chi connectivity index (χ0n) is 18.9. The Morgan fingerprint density at radius 3 is 2.34 bits per heavy atom. The molecule has 4 aliphatic carbocycles. The van der Waals surface area contributed by atoms with E-state index >= 15 is 0 Å². The van der Waals surface area contributed by atoms with Crippen molar-refractivity contribution in [2.24, 2.45) is 40.4 Å². The topological polar surface area (TPSA) is 52.6 Å². The minimum atomic E-state index is -0.301. The number of rotatable bonds is 4. The van der Waals surface area contributed by atoms with Crippen molar-refractivity contribution in [3.8, 4) is 0 Å². The van der Waals surface area contributed by atoms with Gasteiger partial charge in [0.1, 0.15) is 12.7 Å². The molecule has 4 saturated carbocycles. The summed E-state index contributed by atoms with van der Waals surface area (Å²) in [5.41, 5.74) is 0.743. The fourth-order valence-corrected chi connectivity index (χ4v) is 8.59. The van der Waals surface area contributed by atoms with Crippen LogP contribution in [0.4, 0.5) is 0 Å². The molecule has 4 aliphatic rings. The van der Waals surface area contributed by atoms with Gasteiger partial charge in [-0.3, -0.25) is 9.59 Å². The summed E-state index contributed by atoms with van der Waals surface area (Å²) in [6.07, 6.45) is 13.1. The SMILES string of the molecule is CC(=O)OCC(OC(C)=O)C1CCC2C3CCC4CCCCC4(C)C3CCC12C. The van der Waals surface area contributed by atoms with Gasteiger partial charge in [-0.2, -0.15) is 0 Å². The van der Waals surface area contributed by atoms with E-state index in [1.54, 1.807) is 0 Å². The molecule has 0 aromatic carbocycles. The molecule has 0 amide bonds. The second kappa shape index (κ2) is 7.89. The molecule has 4 heteroatoms. The lowest BCUT2D eigenvalue weighted by Gasteiger charge is -2.60. The van der Waals surface area contributed by atoms with Gasteiger partial charge in [0.25, 0.3) is 0 Å². The summed E-state index contributed by atoms with van der Waals surface area (Å²) in [6, 6.07) is 0. The Labute approximate surface area is 176 Å². The number of carbonyl (C=O) groups is 2. The highest BCUT2D eigenvalue weighted by molar-refractivity contribution is 5.67. The van der Waals surface area contributed by atoms with Crippen LogP contribution >= 0.6 is 0 Å². The molecule has 0 N–H and O–H groups in total. The number of hydrogen-bond acceptors (Lipinski definition) is 4. The smallest absolute Gasteiger partial charge is 0.303 e. The van der Waals surface area contributed by atoms with E-state index in [2.05, 4.69) is 13.8 Å². The molecule has 0 aromatic heterocycles. The molecule has 164 valence electrons. The van der Waals surface area contributed by atoms with E-state index in [-0.39, 0.29) is 30.1 Å². The van der Waals surface area contributed by atoms with E-state index < -0.39 is 0 Å². The Hall–Kier alpha value is -1.06. The number of hydrogen-bond donors (Lipinski definition) is 0. The standard InChI is InChI=1S/C25H40O4/c1-16(26)28-15-23(29-17(2)27)22-11-10-20-19-9-8-18-7-5-6-13-24(18,3)21(19)12-14-25(20,22)4/h18-23H,5-15H2,1-4H3. The molecule has 4 fully saturated rings. The molecule has 4 nitrogen and oxygen atoms in total. The largest absolute Gasteiger partial charge is 0.462 e. The first-order chi connectivity index (χ1) is 13.8. The van der Waals surface area contributed by atoms with Gasteiger partial charge in [-0.25, -0.2) is 0 Å². The van der Waals surface area contributed by atoms with Crippen molar-refractivity contribution in [1.82, 2.24) is 0 Å². The minimum Gasteiger partial charge on any atom is -0.462 e. The van der Waals surface area contributed by atoms with E-state index in [9.17, 15) is 9.59 Å². The number of esters is 2.